The highest BCUT2D eigenvalue weighted by Gasteiger charge is 2.28. The van der Waals surface area contributed by atoms with Gasteiger partial charge in [-0.25, -0.2) is 14.5 Å². The zero-order valence-corrected chi connectivity index (χ0v) is 10.8. The fraction of sp³-hybridized carbons (Fsp3) is 0.308. The molecule has 0 saturated carbocycles. The van der Waals surface area contributed by atoms with Crippen LogP contribution in [0.3, 0.4) is 0 Å². The summed E-state index contributed by atoms with van der Waals surface area (Å²) in [6.45, 7) is 1.79. The van der Waals surface area contributed by atoms with Gasteiger partial charge in [0.1, 0.15) is 12.4 Å². The molecule has 0 spiro atoms. The van der Waals surface area contributed by atoms with Crippen LogP contribution in [-0.2, 0) is 9.53 Å². The molecule has 2 rings (SSSR count). The van der Waals surface area contributed by atoms with Gasteiger partial charge in [-0.1, -0.05) is 0 Å². The van der Waals surface area contributed by atoms with Crippen LogP contribution in [0.2, 0.25) is 0 Å². The Labute approximate surface area is 114 Å². The second-order valence-corrected chi connectivity index (χ2v) is 4.23. The first-order chi connectivity index (χ1) is 9.49. The molecule has 7 nitrogen and oxygen atoms in total. The second-order valence-electron chi connectivity index (χ2n) is 4.23. The van der Waals surface area contributed by atoms with Gasteiger partial charge >= 0.3 is 12.1 Å². The molecule has 1 saturated heterocycles. The highest BCUT2D eigenvalue weighted by molar-refractivity contribution is 5.93. The first kappa shape index (κ1) is 13.9. The minimum atomic E-state index is -1.03. The fourth-order valence-electron chi connectivity index (χ4n) is 1.78. The zero-order chi connectivity index (χ0) is 14.7. The monoisotopic (exact) mass is 279 g/mol. The third kappa shape index (κ3) is 2.87. The lowest BCUT2D eigenvalue weighted by molar-refractivity contribution is -0.129. The van der Waals surface area contributed by atoms with Crippen LogP contribution in [-0.4, -0.2) is 47.7 Å². The summed E-state index contributed by atoms with van der Waals surface area (Å²) in [6, 6.07) is 4.32. The number of aromatic carboxylic acids is 1. The van der Waals surface area contributed by atoms with Gasteiger partial charge in [0.25, 0.3) is 5.91 Å². The first-order valence-corrected chi connectivity index (χ1v) is 5.93. The van der Waals surface area contributed by atoms with E-state index in [1.165, 1.54) is 18.2 Å². The van der Waals surface area contributed by atoms with Gasteiger partial charge in [-0.2, -0.15) is 0 Å². The van der Waals surface area contributed by atoms with Crippen molar-refractivity contribution in [2.75, 3.05) is 19.8 Å². The molecule has 1 fully saturated rings. The Bertz CT molecular complexity index is 568. The van der Waals surface area contributed by atoms with E-state index < -0.39 is 18.0 Å². The maximum Gasteiger partial charge on any atom is 0.416 e. The van der Waals surface area contributed by atoms with E-state index in [4.69, 9.17) is 9.84 Å². The summed E-state index contributed by atoms with van der Waals surface area (Å²) in [5.74, 6) is -1.12. The van der Waals surface area contributed by atoms with Crippen LogP contribution in [0.5, 0.6) is 5.75 Å². The lowest BCUT2D eigenvalue weighted by Gasteiger charge is -2.13. The highest BCUT2D eigenvalue weighted by atomic mass is 16.6. The van der Waals surface area contributed by atoms with Gasteiger partial charge in [-0.05, 0) is 30.7 Å². The molecule has 106 valence electrons. The molecule has 0 unspecified atom stereocenters. The molecule has 0 aliphatic carbocycles. The van der Waals surface area contributed by atoms with Gasteiger partial charge in [-0.15, -0.1) is 0 Å². The maximum absolute atomic E-state index is 11.7. The van der Waals surface area contributed by atoms with Crippen molar-refractivity contribution in [3.63, 3.8) is 0 Å². The number of hydrogen-bond donors (Lipinski definition) is 1. The van der Waals surface area contributed by atoms with Crippen LogP contribution in [0.25, 0.3) is 0 Å². The minimum absolute atomic E-state index is 0.143. The van der Waals surface area contributed by atoms with Crippen LogP contribution >= 0.6 is 0 Å². The molecule has 20 heavy (non-hydrogen) atoms. The predicted molar refractivity (Wildman–Crippen MR) is 66.7 cm³/mol. The molecule has 1 aliphatic heterocycles. The Kier molecular flexibility index (Phi) is 3.88. The van der Waals surface area contributed by atoms with E-state index >= 15 is 0 Å². The topological polar surface area (TPSA) is 93.1 Å². The molecule has 2 amide bonds. The lowest BCUT2D eigenvalue weighted by atomic mass is 10.1. The van der Waals surface area contributed by atoms with Crippen molar-refractivity contribution in [3.05, 3.63) is 29.3 Å². The Hall–Kier alpha value is -2.57. The van der Waals surface area contributed by atoms with Crippen LogP contribution in [0.1, 0.15) is 15.9 Å². The van der Waals surface area contributed by atoms with Crippen molar-refractivity contribution in [1.29, 1.82) is 0 Å². The van der Waals surface area contributed by atoms with Gasteiger partial charge < -0.3 is 14.6 Å². The number of amides is 2. The Morgan fingerprint density at radius 2 is 2.20 bits per heavy atom. The number of carbonyl (C=O) groups is 3. The van der Waals surface area contributed by atoms with Gasteiger partial charge in [0.05, 0.1) is 12.1 Å². The number of nitrogens with zero attached hydrogens (tertiary/aromatic N) is 1. The summed E-state index contributed by atoms with van der Waals surface area (Å²) in [5, 5.41) is 8.84. The van der Waals surface area contributed by atoms with Gasteiger partial charge in [0.2, 0.25) is 0 Å². The quantitative estimate of drug-likeness (QED) is 0.885. The number of carboxylic acids is 1. The molecule has 0 bridgehead atoms. The molecular weight excluding hydrogens is 266 g/mol. The normalized spacial score (nSPS) is 14.1. The number of cyclic esters (lactones) is 1. The second kappa shape index (κ2) is 5.60. The smallest absolute Gasteiger partial charge is 0.416 e. The molecular formula is C13H13NO6. The van der Waals surface area contributed by atoms with Crippen molar-refractivity contribution in [2.45, 2.75) is 6.92 Å². The number of rotatable bonds is 4. The van der Waals surface area contributed by atoms with E-state index in [2.05, 4.69) is 4.74 Å². The zero-order valence-electron chi connectivity index (χ0n) is 10.8. The summed E-state index contributed by atoms with van der Waals surface area (Å²) in [6.07, 6.45) is -0.670. The van der Waals surface area contributed by atoms with E-state index in [1.54, 1.807) is 6.92 Å². The van der Waals surface area contributed by atoms with Crippen molar-refractivity contribution in [2.24, 2.45) is 0 Å². The lowest BCUT2D eigenvalue weighted by Crippen LogP contribution is -2.35. The molecule has 0 aromatic heterocycles. The van der Waals surface area contributed by atoms with Gasteiger partial charge in [0, 0.05) is 0 Å². The van der Waals surface area contributed by atoms with Crippen LogP contribution in [0.4, 0.5) is 4.79 Å². The van der Waals surface area contributed by atoms with Crippen LogP contribution in [0, 0.1) is 6.92 Å². The average Bonchev–Trinajstić information content (AvgIpc) is 2.83. The third-order valence-corrected chi connectivity index (χ3v) is 2.83. The van der Waals surface area contributed by atoms with Crippen molar-refractivity contribution < 1.29 is 29.0 Å². The molecule has 1 aromatic rings. The van der Waals surface area contributed by atoms with Crippen molar-refractivity contribution in [3.8, 4) is 5.75 Å². The summed E-state index contributed by atoms with van der Waals surface area (Å²) in [5.41, 5.74) is 0.742. The maximum atomic E-state index is 11.7. The third-order valence-electron chi connectivity index (χ3n) is 2.83. The fourth-order valence-corrected chi connectivity index (χ4v) is 1.78. The van der Waals surface area contributed by atoms with Crippen LogP contribution in [0.15, 0.2) is 18.2 Å². The number of ether oxygens (including phenoxy) is 2. The van der Waals surface area contributed by atoms with E-state index in [1.807, 2.05) is 0 Å². The predicted octanol–water partition coefficient (Wildman–Crippen LogP) is 1.05. The SMILES string of the molecule is Cc1cc(C(=O)O)ccc1OCC(=O)N1CCOC1=O. The highest BCUT2D eigenvalue weighted by Crippen LogP contribution is 2.19. The molecule has 1 N–H and O–H groups in total. The molecule has 1 aromatic carbocycles. The Morgan fingerprint density at radius 1 is 1.45 bits per heavy atom. The number of carbonyl (C=O) groups excluding carboxylic acids is 2. The number of carboxylic acid groups (broad SMARTS) is 1. The van der Waals surface area contributed by atoms with Crippen LogP contribution < -0.4 is 4.74 Å². The average molecular weight is 279 g/mol. The van der Waals surface area contributed by atoms with E-state index in [0.717, 1.165) is 4.90 Å². The van der Waals surface area contributed by atoms with Crippen molar-refractivity contribution >= 4 is 18.0 Å². The summed E-state index contributed by atoms with van der Waals surface area (Å²) < 4.78 is 9.95. The number of aryl methyl sites for hydroxylation is 1. The molecule has 0 atom stereocenters. The molecule has 0 radical (unpaired) electrons. The van der Waals surface area contributed by atoms with E-state index in [-0.39, 0.29) is 25.3 Å². The standard InChI is InChI=1S/C13H13NO6/c1-8-6-9(12(16)17)2-3-10(8)20-7-11(15)14-4-5-19-13(14)18/h2-3,6H,4-5,7H2,1H3,(H,16,17). The Balaban J connectivity index is 1.99. The van der Waals surface area contributed by atoms with Gasteiger partial charge in [-0.3, -0.25) is 4.79 Å². The molecule has 1 aliphatic rings. The molecule has 7 heteroatoms. The summed E-state index contributed by atoms with van der Waals surface area (Å²) in [4.78, 5) is 34.7. The number of imide groups is 1. The number of hydrogen-bond acceptors (Lipinski definition) is 5. The van der Waals surface area contributed by atoms with E-state index in [0.29, 0.717) is 11.3 Å². The largest absolute Gasteiger partial charge is 0.483 e. The molecule has 1 heterocycles. The summed E-state index contributed by atoms with van der Waals surface area (Å²) >= 11 is 0. The van der Waals surface area contributed by atoms with E-state index in [9.17, 15) is 14.4 Å². The van der Waals surface area contributed by atoms with Gasteiger partial charge in [0.15, 0.2) is 6.61 Å². The van der Waals surface area contributed by atoms with Crippen molar-refractivity contribution in [1.82, 2.24) is 4.90 Å². The first-order valence-electron chi connectivity index (χ1n) is 5.93. The Morgan fingerprint density at radius 3 is 2.75 bits per heavy atom. The minimum Gasteiger partial charge on any atom is -0.483 e. The number of benzene rings is 1. The summed E-state index contributed by atoms with van der Waals surface area (Å²) in [7, 11) is 0.